The van der Waals surface area contributed by atoms with Crippen molar-refractivity contribution in [3.05, 3.63) is 35.3 Å². The van der Waals surface area contributed by atoms with Gasteiger partial charge in [0.05, 0.1) is 4.88 Å². The second-order valence-corrected chi connectivity index (χ2v) is 6.43. The van der Waals surface area contributed by atoms with Gasteiger partial charge in [0, 0.05) is 17.1 Å². The number of hydrogen-bond donors (Lipinski definition) is 0. The zero-order valence-corrected chi connectivity index (χ0v) is 11.7. The van der Waals surface area contributed by atoms with Gasteiger partial charge in [0.15, 0.2) is 11.5 Å². The summed E-state index contributed by atoms with van der Waals surface area (Å²) in [6.45, 7) is 2.14. The van der Waals surface area contributed by atoms with Crippen molar-refractivity contribution in [2.75, 3.05) is 0 Å². The Labute approximate surface area is 115 Å². The van der Waals surface area contributed by atoms with Crippen LogP contribution in [0.5, 0.6) is 0 Å². The van der Waals surface area contributed by atoms with Gasteiger partial charge in [-0.3, -0.25) is 0 Å². The molecule has 3 nitrogen and oxygen atoms in total. The number of aromatic nitrogens is 3. The zero-order chi connectivity index (χ0) is 12.8. The first kappa shape index (κ1) is 11.2. The maximum absolute atomic E-state index is 4.81. The average molecular weight is 269 g/mol. The Bertz CT molecular complexity index is 737. The molecule has 0 saturated heterocycles. The summed E-state index contributed by atoms with van der Waals surface area (Å²) in [7, 11) is 0. The van der Waals surface area contributed by atoms with Crippen LogP contribution in [-0.2, 0) is 0 Å². The first-order valence-electron chi connectivity index (χ1n) is 6.73. The summed E-state index contributed by atoms with van der Waals surface area (Å²) in [4.78, 5) is 11.9. The number of thiophene rings is 1. The van der Waals surface area contributed by atoms with Gasteiger partial charge in [0.1, 0.15) is 5.52 Å². The molecule has 0 unspecified atom stereocenters. The average Bonchev–Trinajstić information content (AvgIpc) is 2.92. The fourth-order valence-electron chi connectivity index (χ4n) is 2.65. The van der Waals surface area contributed by atoms with Gasteiger partial charge in [-0.1, -0.05) is 0 Å². The molecular weight excluding hydrogens is 254 g/mol. The van der Waals surface area contributed by atoms with Crippen LogP contribution in [0.2, 0.25) is 0 Å². The van der Waals surface area contributed by atoms with Crippen molar-refractivity contribution in [1.29, 1.82) is 0 Å². The minimum Gasteiger partial charge on any atom is -0.305 e. The highest BCUT2D eigenvalue weighted by atomic mass is 32.1. The Morgan fingerprint density at radius 3 is 2.84 bits per heavy atom. The van der Waals surface area contributed by atoms with E-state index in [0.717, 1.165) is 17.0 Å². The molecule has 1 aliphatic carbocycles. The van der Waals surface area contributed by atoms with E-state index in [0.29, 0.717) is 6.04 Å². The second-order valence-electron chi connectivity index (χ2n) is 5.15. The summed E-state index contributed by atoms with van der Waals surface area (Å²) in [5.74, 6) is 1.09. The molecule has 1 aliphatic rings. The fourth-order valence-corrected chi connectivity index (χ4v) is 3.50. The fraction of sp³-hybridized carbons (Fsp3) is 0.333. The van der Waals surface area contributed by atoms with E-state index in [4.69, 9.17) is 4.98 Å². The molecule has 0 amide bonds. The van der Waals surface area contributed by atoms with Gasteiger partial charge in [0.2, 0.25) is 0 Å². The summed E-state index contributed by atoms with van der Waals surface area (Å²) < 4.78 is 2.35. The first-order chi connectivity index (χ1) is 9.33. The standard InChI is InChI=1S/C15H15N3S/c1-10-7-8-13(19-10)15-17-12-6-3-9-16-14(12)18(15)11-4-2-5-11/h3,6-9,11H,2,4-5H2,1H3. The Morgan fingerprint density at radius 2 is 2.16 bits per heavy atom. The SMILES string of the molecule is Cc1ccc(-c2nc3cccnc3n2C2CCC2)s1. The maximum atomic E-state index is 4.81. The summed E-state index contributed by atoms with van der Waals surface area (Å²) >= 11 is 1.81. The van der Waals surface area contributed by atoms with Gasteiger partial charge in [-0.2, -0.15) is 0 Å². The normalized spacial score (nSPS) is 15.8. The molecule has 0 radical (unpaired) electrons. The molecule has 0 atom stereocenters. The summed E-state index contributed by atoms with van der Waals surface area (Å²) in [6, 6.07) is 8.94. The van der Waals surface area contributed by atoms with E-state index in [1.54, 1.807) is 0 Å². The van der Waals surface area contributed by atoms with Crippen LogP contribution in [0, 0.1) is 6.92 Å². The Balaban J connectivity index is 1.98. The molecular formula is C15H15N3S. The molecule has 0 aromatic carbocycles. The third kappa shape index (κ3) is 1.70. The molecule has 4 heteroatoms. The number of pyridine rings is 1. The van der Waals surface area contributed by atoms with Crippen molar-refractivity contribution < 1.29 is 0 Å². The van der Waals surface area contributed by atoms with E-state index in [1.807, 2.05) is 23.6 Å². The molecule has 3 aromatic heterocycles. The van der Waals surface area contributed by atoms with E-state index >= 15 is 0 Å². The van der Waals surface area contributed by atoms with Gasteiger partial charge < -0.3 is 4.57 Å². The highest BCUT2D eigenvalue weighted by Gasteiger charge is 2.26. The van der Waals surface area contributed by atoms with Crippen LogP contribution in [0.3, 0.4) is 0 Å². The molecule has 4 rings (SSSR count). The molecule has 0 aliphatic heterocycles. The Hall–Kier alpha value is -1.68. The number of rotatable bonds is 2. The number of hydrogen-bond acceptors (Lipinski definition) is 3. The van der Waals surface area contributed by atoms with Crippen LogP contribution >= 0.6 is 11.3 Å². The van der Waals surface area contributed by atoms with Gasteiger partial charge in [-0.05, 0) is 50.5 Å². The number of imidazole rings is 1. The predicted octanol–water partition coefficient (Wildman–Crippen LogP) is 4.19. The quantitative estimate of drug-likeness (QED) is 0.698. The molecule has 0 bridgehead atoms. The lowest BCUT2D eigenvalue weighted by molar-refractivity contribution is 0.322. The third-order valence-corrected chi connectivity index (χ3v) is 4.85. The van der Waals surface area contributed by atoms with E-state index < -0.39 is 0 Å². The molecule has 0 spiro atoms. The van der Waals surface area contributed by atoms with Crippen LogP contribution < -0.4 is 0 Å². The lowest BCUT2D eigenvalue weighted by Crippen LogP contribution is -2.18. The third-order valence-electron chi connectivity index (χ3n) is 3.85. The lowest BCUT2D eigenvalue weighted by atomic mass is 9.93. The molecule has 3 heterocycles. The lowest BCUT2D eigenvalue weighted by Gasteiger charge is -2.28. The maximum Gasteiger partial charge on any atom is 0.160 e. The topological polar surface area (TPSA) is 30.7 Å². The summed E-state index contributed by atoms with van der Waals surface area (Å²) in [5, 5.41) is 0. The monoisotopic (exact) mass is 269 g/mol. The van der Waals surface area contributed by atoms with Crippen molar-refractivity contribution >= 4 is 22.5 Å². The van der Waals surface area contributed by atoms with Crippen molar-refractivity contribution in [2.45, 2.75) is 32.2 Å². The van der Waals surface area contributed by atoms with Crippen LogP contribution in [0.25, 0.3) is 21.9 Å². The smallest absolute Gasteiger partial charge is 0.160 e. The van der Waals surface area contributed by atoms with Gasteiger partial charge in [-0.25, -0.2) is 9.97 Å². The number of aryl methyl sites for hydroxylation is 1. The van der Waals surface area contributed by atoms with E-state index in [-0.39, 0.29) is 0 Å². The van der Waals surface area contributed by atoms with E-state index in [9.17, 15) is 0 Å². The summed E-state index contributed by atoms with van der Waals surface area (Å²) in [6.07, 6.45) is 5.68. The van der Waals surface area contributed by atoms with Gasteiger partial charge in [0.25, 0.3) is 0 Å². The summed E-state index contributed by atoms with van der Waals surface area (Å²) in [5.41, 5.74) is 2.05. The molecule has 0 N–H and O–H groups in total. The molecule has 96 valence electrons. The molecule has 3 aromatic rings. The number of nitrogens with zero attached hydrogens (tertiary/aromatic N) is 3. The van der Waals surface area contributed by atoms with Gasteiger partial charge >= 0.3 is 0 Å². The number of fused-ring (bicyclic) bond motifs is 1. The van der Waals surface area contributed by atoms with Crippen LogP contribution in [0.4, 0.5) is 0 Å². The largest absolute Gasteiger partial charge is 0.305 e. The minimum atomic E-state index is 0.581. The first-order valence-corrected chi connectivity index (χ1v) is 7.54. The van der Waals surface area contributed by atoms with Crippen molar-refractivity contribution in [2.24, 2.45) is 0 Å². The van der Waals surface area contributed by atoms with Crippen molar-refractivity contribution in [3.8, 4) is 10.7 Å². The predicted molar refractivity (Wildman–Crippen MR) is 78.5 cm³/mol. The van der Waals surface area contributed by atoms with Crippen LogP contribution in [-0.4, -0.2) is 14.5 Å². The highest BCUT2D eigenvalue weighted by Crippen LogP contribution is 2.39. The van der Waals surface area contributed by atoms with Crippen LogP contribution in [0.15, 0.2) is 30.5 Å². The Kier molecular flexibility index (Phi) is 2.45. The molecule has 1 fully saturated rings. The Morgan fingerprint density at radius 1 is 1.26 bits per heavy atom. The van der Waals surface area contributed by atoms with Crippen molar-refractivity contribution in [1.82, 2.24) is 14.5 Å². The van der Waals surface area contributed by atoms with E-state index in [2.05, 4.69) is 34.7 Å². The molecule has 19 heavy (non-hydrogen) atoms. The second kappa shape index (κ2) is 4.17. The van der Waals surface area contributed by atoms with Gasteiger partial charge in [-0.15, -0.1) is 11.3 Å². The van der Waals surface area contributed by atoms with E-state index in [1.165, 1.54) is 29.0 Å². The minimum absolute atomic E-state index is 0.581. The highest BCUT2D eigenvalue weighted by molar-refractivity contribution is 7.15. The zero-order valence-electron chi connectivity index (χ0n) is 10.8. The van der Waals surface area contributed by atoms with Crippen LogP contribution in [0.1, 0.15) is 30.2 Å². The van der Waals surface area contributed by atoms with Crippen molar-refractivity contribution in [3.63, 3.8) is 0 Å². The molecule has 1 saturated carbocycles.